The fourth-order valence-electron chi connectivity index (χ4n) is 3.23. The topological polar surface area (TPSA) is 100 Å². The highest BCUT2D eigenvalue weighted by Crippen LogP contribution is 2.30. The lowest BCUT2D eigenvalue weighted by atomic mass is 10.0. The highest BCUT2D eigenvalue weighted by atomic mass is 79.9. The number of ketones is 1. The van der Waals surface area contributed by atoms with E-state index in [4.69, 9.17) is 9.47 Å². The third-order valence-electron chi connectivity index (χ3n) is 5.04. The van der Waals surface area contributed by atoms with E-state index in [-0.39, 0.29) is 24.2 Å². The van der Waals surface area contributed by atoms with Crippen molar-refractivity contribution in [2.45, 2.75) is 26.9 Å². The molecule has 0 N–H and O–H groups in total. The van der Waals surface area contributed by atoms with Crippen molar-refractivity contribution >= 4 is 45.1 Å². The molecular weight excluding hydrogens is 528 g/mol. The van der Waals surface area contributed by atoms with Crippen LogP contribution in [0.15, 0.2) is 58.6 Å². The average Bonchev–Trinajstić information content (AvgIpc) is 3.17. The Kier molecular flexibility index (Phi) is 8.97. The van der Waals surface area contributed by atoms with Crippen molar-refractivity contribution in [1.82, 2.24) is 0 Å². The number of nitriles is 2. The first-order valence-corrected chi connectivity index (χ1v) is 12.3. The molecule has 1 heterocycles. The van der Waals surface area contributed by atoms with Crippen LogP contribution >= 0.6 is 27.3 Å². The number of halogens is 1. The molecule has 0 atom stereocenters. The molecule has 0 saturated carbocycles. The van der Waals surface area contributed by atoms with Crippen LogP contribution in [-0.4, -0.2) is 18.4 Å². The fourth-order valence-corrected chi connectivity index (χ4v) is 4.64. The molecule has 0 aliphatic rings. The largest absolute Gasteiger partial charge is 0.489 e. The number of hydrogen-bond acceptors (Lipinski definition) is 7. The minimum absolute atomic E-state index is 0.0406. The summed E-state index contributed by atoms with van der Waals surface area (Å²) in [5.74, 6) is -0.297. The van der Waals surface area contributed by atoms with E-state index in [2.05, 4.69) is 22.0 Å². The molecule has 1 aromatic heterocycles. The number of allylic oxidation sites excluding steroid dienone is 1. The van der Waals surface area contributed by atoms with E-state index in [0.717, 1.165) is 21.4 Å². The number of ether oxygens (including phenoxy) is 2. The van der Waals surface area contributed by atoms with Gasteiger partial charge in [-0.15, -0.1) is 11.3 Å². The predicted molar refractivity (Wildman–Crippen MR) is 137 cm³/mol. The lowest BCUT2D eigenvalue weighted by molar-refractivity contribution is -0.114. The van der Waals surface area contributed by atoms with Gasteiger partial charge in [0.15, 0.2) is 5.78 Å². The highest BCUT2D eigenvalue weighted by Gasteiger charge is 2.23. The second-order valence-corrected chi connectivity index (χ2v) is 9.46. The number of Topliss-reactive ketones (excluding diaryl/α,β-unsaturated/α-hetero) is 1. The van der Waals surface area contributed by atoms with Crippen LogP contribution in [0.3, 0.4) is 0 Å². The van der Waals surface area contributed by atoms with Gasteiger partial charge in [-0.3, -0.25) is 4.79 Å². The number of carbonyl (C=O) groups excluding carboxylic acids is 2. The van der Waals surface area contributed by atoms with Crippen LogP contribution < -0.4 is 4.74 Å². The zero-order chi connectivity index (χ0) is 25.4. The summed E-state index contributed by atoms with van der Waals surface area (Å²) in [7, 11) is 0. The molecule has 0 amide bonds. The smallest absolute Gasteiger partial charge is 0.348 e. The van der Waals surface area contributed by atoms with E-state index in [1.807, 2.05) is 30.3 Å². The molecule has 35 heavy (non-hydrogen) atoms. The number of esters is 1. The van der Waals surface area contributed by atoms with Crippen molar-refractivity contribution in [3.63, 3.8) is 0 Å². The minimum Gasteiger partial charge on any atom is -0.489 e. The molecule has 3 aromatic rings. The summed E-state index contributed by atoms with van der Waals surface area (Å²) in [6.07, 6.45) is 1.35. The van der Waals surface area contributed by atoms with Crippen LogP contribution in [0.4, 0.5) is 0 Å². The zero-order valence-electron chi connectivity index (χ0n) is 19.1. The van der Waals surface area contributed by atoms with Gasteiger partial charge < -0.3 is 9.47 Å². The summed E-state index contributed by atoms with van der Waals surface area (Å²) in [5.41, 5.74) is 2.42. The van der Waals surface area contributed by atoms with E-state index < -0.39 is 11.8 Å². The maximum atomic E-state index is 12.8. The summed E-state index contributed by atoms with van der Waals surface area (Å²) < 4.78 is 11.8. The van der Waals surface area contributed by atoms with Crippen LogP contribution in [0.2, 0.25) is 0 Å². The molecule has 0 aliphatic heterocycles. The third-order valence-corrected chi connectivity index (χ3v) is 6.84. The van der Waals surface area contributed by atoms with Gasteiger partial charge in [0.05, 0.1) is 17.7 Å². The number of hydrogen-bond donors (Lipinski definition) is 0. The Morgan fingerprint density at radius 1 is 1.09 bits per heavy atom. The maximum absolute atomic E-state index is 12.8. The first-order chi connectivity index (χ1) is 16.9. The molecule has 0 bridgehead atoms. The molecule has 0 spiro atoms. The summed E-state index contributed by atoms with van der Waals surface area (Å²) in [5, 5.41) is 19.1. The fraction of sp³-hybridized carbons (Fsp3) is 0.185. The number of nitrogens with zero attached hydrogens (tertiary/aromatic N) is 2. The van der Waals surface area contributed by atoms with E-state index >= 15 is 0 Å². The second kappa shape index (κ2) is 12.1. The van der Waals surface area contributed by atoms with Gasteiger partial charge in [0.1, 0.15) is 29.4 Å². The van der Waals surface area contributed by atoms with Gasteiger partial charge in [0.25, 0.3) is 0 Å². The SMILES string of the molecule is CCOC(=O)c1sc(CC(=O)/C(C#N)=C/c2ccc(OCc3ccc(Br)cc3)cc2)c(C#N)c1C. The molecule has 8 heteroatoms. The standard InChI is InChI=1S/C27H21BrN2O4S/c1-3-33-27(32)26-17(2)23(15-30)25(35-26)13-24(31)20(14-29)12-18-6-10-22(11-7-18)34-16-19-4-8-21(28)9-5-19/h4-12H,3,13,16H2,1-2H3/b20-12+. The Hall–Kier alpha value is -3.72. The Balaban J connectivity index is 1.71. The zero-order valence-corrected chi connectivity index (χ0v) is 21.5. The van der Waals surface area contributed by atoms with Crippen molar-refractivity contribution < 1.29 is 19.1 Å². The normalized spacial score (nSPS) is 10.8. The monoisotopic (exact) mass is 548 g/mol. The predicted octanol–water partition coefficient (Wildman–Crippen LogP) is 6.17. The average molecular weight is 549 g/mol. The Labute approximate surface area is 216 Å². The van der Waals surface area contributed by atoms with Crippen molar-refractivity contribution in [2.24, 2.45) is 0 Å². The minimum atomic E-state index is -0.524. The lowest BCUT2D eigenvalue weighted by Crippen LogP contribution is -2.05. The lowest BCUT2D eigenvalue weighted by Gasteiger charge is -2.07. The maximum Gasteiger partial charge on any atom is 0.348 e. The molecule has 176 valence electrons. The van der Waals surface area contributed by atoms with E-state index in [0.29, 0.717) is 33.2 Å². The van der Waals surface area contributed by atoms with Gasteiger partial charge in [-0.05, 0) is 60.9 Å². The summed E-state index contributed by atoms with van der Waals surface area (Å²) in [6.45, 7) is 3.97. The van der Waals surface area contributed by atoms with Gasteiger partial charge in [0, 0.05) is 15.8 Å². The van der Waals surface area contributed by atoms with Crippen LogP contribution in [0.5, 0.6) is 5.75 Å². The first kappa shape index (κ1) is 25.9. The van der Waals surface area contributed by atoms with Crippen molar-refractivity contribution in [2.75, 3.05) is 6.61 Å². The Morgan fingerprint density at radius 3 is 2.37 bits per heavy atom. The van der Waals surface area contributed by atoms with Crippen LogP contribution in [-0.2, 0) is 22.6 Å². The molecule has 0 fully saturated rings. The van der Waals surface area contributed by atoms with E-state index in [1.165, 1.54) is 6.08 Å². The van der Waals surface area contributed by atoms with Crippen LogP contribution in [0.25, 0.3) is 6.08 Å². The van der Waals surface area contributed by atoms with E-state index in [9.17, 15) is 20.1 Å². The molecule has 3 rings (SSSR count). The number of thiophene rings is 1. The van der Waals surface area contributed by atoms with Crippen LogP contribution in [0.1, 0.15) is 43.7 Å². The molecular formula is C27H21BrN2O4S. The van der Waals surface area contributed by atoms with Crippen LogP contribution in [0, 0.1) is 29.6 Å². The van der Waals surface area contributed by atoms with Gasteiger partial charge in [0.2, 0.25) is 0 Å². The quantitative estimate of drug-likeness (QED) is 0.180. The molecule has 0 saturated heterocycles. The van der Waals surface area contributed by atoms with Gasteiger partial charge >= 0.3 is 5.97 Å². The van der Waals surface area contributed by atoms with Crippen molar-refractivity contribution in [3.8, 4) is 17.9 Å². The van der Waals surface area contributed by atoms with E-state index in [1.54, 1.807) is 38.1 Å². The molecule has 6 nitrogen and oxygen atoms in total. The van der Waals surface area contributed by atoms with Gasteiger partial charge in [-0.1, -0.05) is 40.2 Å². The summed E-state index contributed by atoms with van der Waals surface area (Å²) in [4.78, 5) is 25.7. The third kappa shape index (κ3) is 6.66. The van der Waals surface area contributed by atoms with Crippen molar-refractivity contribution in [3.05, 3.63) is 90.6 Å². The number of rotatable bonds is 9. The first-order valence-electron chi connectivity index (χ1n) is 10.7. The molecule has 0 unspecified atom stereocenters. The summed E-state index contributed by atoms with van der Waals surface area (Å²) >= 11 is 4.45. The number of benzene rings is 2. The van der Waals surface area contributed by atoms with Crippen molar-refractivity contribution in [1.29, 1.82) is 10.5 Å². The molecule has 0 radical (unpaired) electrons. The van der Waals surface area contributed by atoms with Gasteiger partial charge in [-0.2, -0.15) is 10.5 Å². The second-order valence-electron chi connectivity index (χ2n) is 7.44. The highest BCUT2D eigenvalue weighted by molar-refractivity contribution is 9.10. The Morgan fingerprint density at radius 2 is 1.77 bits per heavy atom. The van der Waals surface area contributed by atoms with Gasteiger partial charge in [-0.25, -0.2) is 4.79 Å². The molecule has 2 aromatic carbocycles. The summed E-state index contributed by atoms with van der Waals surface area (Å²) in [6, 6.07) is 18.9. The Bertz CT molecular complexity index is 1340. The number of carbonyl (C=O) groups is 2. The molecule has 0 aliphatic carbocycles.